The van der Waals surface area contributed by atoms with Crippen molar-refractivity contribution in [1.29, 1.82) is 0 Å². The maximum atomic E-state index is 13.0. The molecule has 0 spiro atoms. The van der Waals surface area contributed by atoms with E-state index in [9.17, 15) is 22.8 Å². The molecule has 132 valence electrons. The van der Waals surface area contributed by atoms with E-state index < -0.39 is 34.3 Å². The number of nitrogens with zero attached hydrogens (tertiary/aromatic N) is 1. The summed E-state index contributed by atoms with van der Waals surface area (Å²) >= 11 is 12.5. The van der Waals surface area contributed by atoms with E-state index in [0.717, 1.165) is 0 Å². The molecular formula is C15H14Cl2F3NO3. The van der Waals surface area contributed by atoms with Crippen LogP contribution in [-0.2, 0) is 9.53 Å². The summed E-state index contributed by atoms with van der Waals surface area (Å²) in [6.45, 7) is 2.81. The number of carbonyl (C=O) groups excluding carboxylic acids is 2. The van der Waals surface area contributed by atoms with Gasteiger partial charge in [0.05, 0.1) is 29.0 Å². The molecule has 1 amide bonds. The van der Waals surface area contributed by atoms with Gasteiger partial charge in [0.15, 0.2) is 0 Å². The molecule has 1 aliphatic heterocycles. The minimum Gasteiger partial charge on any atom is -0.465 e. The lowest BCUT2D eigenvalue weighted by molar-refractivity contribution is -0.171. The van der Waals surface area contributed by atoms with Gasteiger partial charge in [0.1, 0.15) is 0 Å². The van der Waals surface area contributed by atoms with Gasteiger partial charge in [-0.05, 0) is 37.6 Å². The average molecular weight is 384 g/mol. The molecule has 0 aliphatic carbocycles. The molecule has 0 fully saturated rings. The lowest BCUT2D eigenvalue weighted by Crippen LogP contribution is -2.60. The summed E-state index contributed by atoms with van der Waals surface area (Å²) in [5.74, 6) is -2.72. The number of alkyl halides is 5. The van der Waals surface area contributed by atoms with Crippen molar-refractivity contribution in [3.63, 3.8) is 0 Å². The van der Waals surface area contributed by atoms with Gasteiger partial charge in [-0.1, -0.05) is 0 Å². The van der Waals surface area contributed by atoms with Crippen LogP contribution in [0.4, 0.5) is 18.9 Å². The van der Waals surface area contributed by atoms with Crippen LogP contribution in [0.1, 0.15) is 35.1 Å². The SMILES string of the molecule is COC(=O)c1ccc2c(c1)[C@@H](Cl)[C@@H](Cl)C(C)(C)N2C(=O)C(F)(F)F. The minimum absolute atomic E-state index is 0.0353. The van der Waals surface area contributed by atoms with Crippen LogP contribution >= 0.6 is 23.2 Å². The number of rotatable bonds is 1. The van der Waals surface area contributed by atoms with E-state index in [1.54, 1.807) is 0 Å². The fraction of sp³-hybridized carbons (Fsp3) is 0.467. The number of methoxy groups -OCH3 is 1. The summed E-state index contributed by atoms with van der Waals surface area (Å²) in [6, 6.07) is 3.81. The van der Waals surface area contributed by atoms with Gasteiger partial charge in [-0.2, -0.15) is 13.2 Å². The number of amides is 1. The maximum absolute atomic E-state index is 13.0. The van der Waals surface area contributed by atoms with E-state index >= 15 is 0 Å². The highest BCUT2D eigenvalue weighted by molar-refractivity contribution is 6.32. The van der Waals surface area contributed by atoms with E-state index in [4.69, 9.17) is 23.2 Å². The molecule has 0 saturated heterocycles. The van der Waals surface area contributed by atoms with Gasteiger partial charge in [0.2, 0.25) is 0 Å². The third-order valence-electron chi connectivity index (χ3n) is 3.94. The summed E-state index contributed by atoms with van der Waals surface area (Å²) in [6.07, 6.45) is -5.08. The quantitative estimate of drug-likeness (QED) is 0.542. The molecule has 2 atom stereocenters. The van der Waals surface area contributed by atoms with Crippen LogP contribution < -0.4 is 4.90 Å². The van der Waals surface area contributed by atoms with E-state index in [1.807, 2.05) is 0 Å². The molecule has 0 bridgehead atoms. The third-order valence-corrected chi connectivity index (χ3v) is 5.34. The second kappa shape index (κ2) is 6.11. The monoisotopic (exact) mass is 383 g/mol. The molecule has 0 radical (unpaired) electrons. The lowest BCUT2D eigenvalue weighted by Gasteiger charge is -2.48. The van der Waals surface area contributed by atoms with E-state index in [0.29, 0.717) is 4.90 Å². The number of esters is 1. The topological polar surface area (TPSA) is 46.6 Å². The first-order chi connectivity index (χ1) is 10.9. The van der Waals surface area contributed by atoms with Crippen LogP contribution in [0.2, 0.25) is 0 Å². The molecule has 4 nitrogen and oxygen atoms in total. The number of hydrogen-bond donors (Lipinski definition) is 0. The largest absolute Gasteiger partial charge is 0.471 e. The predicted octanol–water partition coefficient (Wildman–Crippen LogP) is 4.05. The van der Waals surface area contributed by atoms with Gasteiger partial charge < -0.3 is 4.74 Å². The Hall–Kier alpha value is -1.47. The van der Waals surface area contributed by atoms with Gasteiger partial charge in [-0.25, -0.2) is 4.79 Å². The van der Waals surface area contributed by atoms with Crippen molar-refractivity contribution in [2.24, 2.45) is 0 Å². The van der Waals surface area contributed by atoms with Gasteiger partial charge >= 0.3 is 18.1 Å². The second-order valence-electron chi connectivity index (χ2n) is 5.86. The molecule has 1 aliphatic rings. The summed E-state index contributed by atoms with van der Waals surface area (Å²) in [5, 5.41) is -1.90. The molecule has 0 N–H and O–H groups in total. The first kappa shape index (κ1) is 18.9. The van der Waals surface area contributed by atoms with Crippen LogP contribution in [0.3, 0.4) is 0 Å². The number of hydrogen-bond acceptors (Lipinski definition) is 3. The van der Waals surface area contributed by atoms with Crippen molar-refractivity contribution in [3.05, 3.63) is 29.3 Å². The first-order valence-electron chi connectivity index (χ1n) is 6.84. The number of ether oxygens (including phenoxy) is 1. The van der Waals surface area contributed by atoms with Crippen LogP contribution in [0, 0.1) is 0 Å². The van der Waals surface area contributed by atoms with Gasteiger partial charge in [-0.15, -0.1) is 23.2 Å². The second-order valence-corrected chi connectivity index (χ2v) is 6.80. The maximum Gasteiger partial charge on any atom is 0.471 e. The zero-order valence-electron chi connectivity index (χ0n) is 12.9. The Morgan fingerprint density at radius 3 is 2.33 bits per heavy atom. The van der Waals surface area contributed by atoms with Crippen molar-refractivity contribution in [1.82, 2.24) is 0 Å². The Kier molecular flexibility index (Phi) is 4.80. The summed E-state index contributed by atoms with van der Waals surface area (Å²) in [4.78, 5) is 24.1. The highest BCUT2D eigenvalue weighted by atomic mass is 35.5. The van der Waals surface area contributed by atoms with Crippen LogP contribution in [-0.4, -0.2) is 36.1 Å². The lowest BCUT2D eigenvalue weighted by atomic mass is 9.85. The number of anilines is 1. The highest BCUT2D eigenvalue weighted by Crippen LogP contribution is 2.49. The summed E-state index contributed by atoms with van der Waals surface area (Å²) < 4.78 is 43.6. The standard InChI is InChI=1S/C15H14Cl2F3NO3/c1-14(2)11(17)10(16)8-6-7(12(22)24-3)4-5-9(8)21(14)13(23)15(18,19)20/h4-6,10-11H,1-3H3/t10-,11-/m1/s1. The minimum atomic E-state index is -5.08. The molecule has 9 heteroatoms. The fourth-order valence-electron chi connectivity index (χ4n) is 2.67. The number of fused-ring (bicyclic) bond motifs is 1. The molecule has 0 unspecified atom stereocenters. The predicted molar refractivity (Wildman–Crippen MR) is 83.6 cm³/mol. The van der Waals surface area contributed by atoms with Crippen molar-refractivity contribution in [3.8, 4) is 0 Å². The van der Waals surface area contributed by atoms with Crippen molar-refractivity contribution >= 4 is 40.8 Å². The number of benzene rings is 1. The van der Waals surface area contributed by atoms with E-state index in [-0.39, 0.29) is 16.8 Å². The smallest absolute Gasteiger partial charge is 0.465 e. The Morgan fingerprint density at radius 1 is 1.25 bits per heavy atom. The molecule has 0 aromatic heterocycles. The van der Waals surface area contributed by atoms with Crippen LogP contribution in [0.5, 0.6) is 0 Å². The van der Waals surface area contributed by atoms with E-state index in [1.165, 1.54) is 39.2 Å². The third kappa shape index (κ3) is 2.95. The zero-order valence-corrected chi connectivity index (χ0v) is 14.5. The Labute approximate surface area is 146 Å². The van der Waals surface area contributed by atoms with Gasteiger partial charge in [-0.3, -0.25) is 9.69 Å². The first-order valence-corrected chi connectivity index (χ1v) is 7.72. The molecule has 1 heterocycles. The average Bonchev–Trinajstić information content (AvgIpc) is 2.50. The van der Waals surface area contributed by atoms with E-state index in [2.05, 4.69) is 4.74 Å². The summed E-state index contributed by atoms with van der Waals surface area (Å²) in [7, 11) is 1.17. The molecule has 2 rings (SSSR count). The normalized spacial score (nSPS) is 22.8. The van der Waals surface area contributed by atoms with Gasteiger partial charge in [0.25, 0.3) is 0 Å². The van der Waals surface area contributed by atoms with Crippen molar-refractivity contribution in [2.75, 3.05) is 12.0 Å². The Bertz CT molecular complexity index is 691. The molecular weight excluding hydrogens is 370 g/mol. The molecule has 24 heavy (non-hydrogen) atoms. The highest BCUT2D eigenvalue weighted by Gasteiger charge is 2.54. The Morgan fingerprint density at radius 2 is 1.83 bits per heavy atom. The summed E-state index contributed by atoms with van der Waals surface area (Å²) in [5.41, 5.74) is -1.16. The molecule has 0 saturated carbocycles. The van der Waals surface area contributed by atoms with Crippen LogP contribution in [0.15, 0.2) is 18.2 Å². The zero-order chi connectivity index (χ0) is 18.4. The van der Waals surface area contributed by atoms with Crippen LogP contribution in [0.25, 0.3) is 0 Å². The Balaban J connectivity index is 2.67. The molecule has 1 aromatic rings. The van der Waals surface area contributed by atoms with Crippen molar-refractivity contribution < 1.29 is 27.5 Å². The number of halogens is 5. The number of carbonyl (C=O) groups is 2. The van der Waals surface area contributed by atoms with Gasteiger partial charge in [0, 0.05) is 5.69 Å². The molecule has 1 aromatic carbocycles. The van der Waals surface area contributed by atoms with Crippen molar-refractivity contribution in [2.45, 2.75) is 36.3 Å². The fourth-order valence-corrected chi connectivity index (χ4v) is 3.39.